The molecule has 2 aliphatic heterocycles. The number of likely N-dealkylation sites (tertiary alicyclic amines) is 1. The number of aliphatic hydroxyl groups excluding tert-OH is 1. The Morgan fingerprint density at radius 3 is 3.05 bits per heavy atom. The molecular formula is C17H23NO4. The van der Waals surface area contributed by atoms with E-state index in [0.29, 0.717) is 13.2 Å². The van der Waals surface area contributed by atoms with Gasteiger partial charge in [-0.05, 0) is 38.4 Å². The first-order valence-corrected chi connectivity index (χ1v) is 7.83. The van der Waals surface area contributed by atoms with Gasteiger partial charge in [0.25, 0.3) is 0 Å². The van der Waals surface area contributed by atoms with Crippen molar-refractivity contribution in [2.45, 2.75) is 31.9 Å². The Kier molecular flexibility index (Phi) is 4.36. The minimum Gasteiger partial charge on any atom is -0.491 e. The standard InChI is InChI=1S/C17H23NO4/c1-11-5-6-15-13(8-11)16(19)14(10-22-15)18-7-3-4-12(9-18)17(20)21-2/h5-6,8,12,14,16,19H,3-4,7,9-10H2,1-2H3. The van der Waals surface area contributed by atoms with Gasteiger partial charge in [0.2, 0.25) is 0 Å². The Labute approximate surface area is 130 Å². The molecule has 5 nitrogen and oxygen atoms in total. The van der Waals surface area contributed by atoms with Crippen molar-refractivity contribution in [1.29, 1.82) is 0 Å². The van der Waals surface area contributed by atoms with Crippen LogP contribution in [0.2, 0.25) is 0 Å². The zero-order valence-corrected chi connectivity index (χ0v) is 13.1. The predicted molar refractivity (Wildman–Crippen MR) is 81.7 cm³/mol. The predicted octanol–water partition coefficient (Wildman–Crippen LogP) is 1.67. The third-order valence-corrected chi connectivity index (χ3v) is 4.71. The van der Waals surface area contributed by atoms with Gasteiger partial charge < -0.3 is 14.6 Å². The molecule has 22 heavy (non-hydrogen) atoms. The highest BCUT2D eigenvalue weighted by atomic mass is 16.5. The van der Waals surface area contributed by atoms with Gasteiger partial charge >= 0.3 is 5.97 Å². The maximum absolute atomic E-state index is 11.8. The number of hydrogen-bond donors (Lipinski definition) is 1. The van der Waals surface area contributed by atoms with Gasteiger partial charge in [-0.15, -0.1) is 0 Å². The third kappa shape index (κ3) is 2.83. The van der Waals surface area contributed by atoms with Crippen LogP contribution in [0.1, 0.15) is 30.1 Å². The molecule has 5 heteroatoms. The first-order chi connectivity index (χ1) is 10.6. The number of piperidine rings is 1. The van der Waals surface area contributed by atoms with Crippen LogP contribution >= 0.6 is 0 Å². The van der Waals surface area contributed by atoms with Crippen molar-refractivity contribution >= 4 is 5.97 Å². The van der Waals surface area contributed by atoms with Crippen LogP contribution in [0.5, 0.6) is 5.75 Å². The number of aliphatic hydroxyl groups is 1. The Hall–Kier alpha value is -1.59. The fourth-order valence-electron chi connectivity index (χ4n) is 3.48. The number of carbonyl (C=O) groups is 1. The summed E-state index contributed by atoms with van der Waals surface area (Å²) in [5.41, 5.74) is 1.95. The molecule has 0 saturated carbocycles. The lowest BCUT2D eigenvalue weighted by Gasteiger charge is -2.41. The molecular weight excluding hydrogens is 282 g/mol. The van der Waals surface area contributed by atoms with E-state index in [0.717, 1.165) is 36.3 Å². The molecule has 0 amide bonds. The third-order valence-electron chi connectivity index (χ3n) is 4.71. The highest BCUT2D eigenvalue weighted by Crippen LogP contribution is 2.36. The van der Waals surface area contributed by atoms with Crippen LogP contribution in [0.15, 0.2) is 18.2 Å². The van der Waals surface area contributed by atoms with Crippen LogP contribution in [0.3, 0.4) is 0 Å². The van der Waals surface area contributed by atoms with Crippen LogP contribution in [0.4, 0.5) is 0 Å². The van der Waals surface area contributed by atoms with Gasteiger partial charge in [0.05, 0.1) is 19.1 Å². The molecule has 3 atom stereocenters. The molecule has 0 spiro atoms. The van der Waals surface area contributed by atoms with Crippen molar-refractivity contribution in [2.24, 2.45) is 5.92 Å². The zero-order chi connectivity index (χ0) is 15.7. The van der Waals surface area contributed by atoms with E-state index in [1.165, 1.54) is 7.11 Å². The molecule has 2 aliphatic rings. The number of methoxy groups -OCH3 is 1. The van der Waals surface area contributed by atoms with Crippen molar-refractivity contribution in [3.05, 3.63) is 29.3 Å². The highest BCUT2D eigenvalue weighted by molar-refractivity contribution is 5.72. The maximum atomic E-state index is 11.8. The molecule has 1 aromatic rings. The van der Waals surface area contributed by atoms with E-state index in [-0.39, 0.29) is 17.9 Å². The number of fused-ring (bicyclic) bond motifs is 1. The number of carbonyl (C=O) groups excluding carboxylic acids is 1. The molecule has 1 fully saturated rings. The molecule has 0 aromatic heterocycles. The Balaban J connectivity index is 1.77. The number of aryl methyl sites for hydroxylation is 1. The topological polar surface area (TPSA) is 59.0 Å². The van der Waals surface area contributed by atoms with Gasteiger partial charge in [0.15, 0.2) is 0 Å². The van der Waals surface area contributed by atoms with Crippen molar-refractivity contribution in [3.8, 4) is 5.75 Å². The maximum Gasteiger partial charge on any atom is 0.309 e. The Morgan fingerprint density at radius 2 is 2.27 bits per heavy atom. The molecule has 3 rings (SSSR count). The molecule has 1 saturated heterocycles. The van der Waals surface area contributed by atoms with Crippen molar-refractivity contribution in [1.82, 2.24) is 4.90 Å². The van der Waals surface area contributed by atoms with Crippen LogP contribution in [-0.4, -0.2) is 48.8 Å². The van der Waals surface area contributed by atoms with Crippen LogP contribution in [0, 0.1) is 12.8 Å². The van der Waals surface area contributed by atoms with E-state index in [9.17, 15) is 9.90 Å². The summed E-state index contributed by atoms with van der Waals surface area (Å²) in [6.07, 6.45) is 1.20. The minimum absolute atomic E-state index is 0.107. The number of rotatable bonds is 2. The quantitative estimate of drug-likeness (QED) is 0.842. The molecule has 2 heterocycles. The lowest BCUT2D eigenvalue weighted by molar-refractivity contribution is -0.148. The summed E-state index contributed by atoms with van der Waals surface area (Å²) >= 11 is 0. The summed E-state index contributed by atoms with van der Waals surface area (Å²) in [4.78, 5) is 13.9. The summed E-state index contributed by atoms with van der Waals surface area (Å²) in [5.74, 6) is 0.493. The summed E-state index contributed by atoms with van der Waals surface area (Å²) in [5, 5.41) is 10.7. The van der Waals surface area contributed by atoms with Gasteiger partial charge in [-0.25, -0.2) is 0 Å². The van der Waals surface area contributed by atoms with E-state index < -0.39 is 6.10 Å². The van der Waals surface area contributed by atoms with Gasteiger partial charge in [-0.3, -0.25) is 9.69 Å². The van der Waals surface area contributed by atoms with E-state index in [1.807, 2.05) is 25.1 Å². The molecule has 1 aromatic carbocycles. The van der Waals surface area contributed by atoms with Gasteiger partial charge in [-0.1, -0.05) is 11.6 Å². The number of esters is 1. The largest absolute Gasteiger partial charge is 0.491 e. The second-order valence-corrected chi connectivity index (χ2v) is 6.22. The molecule has 0 aliphatic carbocycles. The first-order valence-electron chi connectivity index (χ1n) is 7.83. The molecule has 3 unspecified atom stereocenters. The van der Waals surface area contributed by atoms with Gasteiger partial charge in [0.1, 0.15) is 18.5 Å². The average Bonchev–Trinajstić information content (AvgIpc) is 2.55. The lowest BCUT2D eigenvalue weighted by Crippen LogP contribution is -2.51. The molecule has 0 bridgehead atoms. The molecule has 0 radical (unpaired) electrons. The van der Waals surface area contributed by atoms with E-state index in [2.05, 4.69) is 4.90 Å². The average molecular weight is 305 g/mol. The number of hydrogen-bond acceptors (Lipinski definition) is 5. The highest BCUT2D eigenvalue weighted by Gasteiger charge is 2.37. The fraction of sp³-hybridized carbons (Fsp3) is 0.588. The number of nitrogens with zero attached hydrogens (tertiary/aromatic N) is 1. The normalized spacial score (nSPS) is 28.6. The van der Waals surface area contributed by atoms with E-state index >= 15 is 0 Å². The first kappa shape index (κ1) is 15.3. The summed E-state index contributed by atoms with van der Waals surface area (Å²) < 4.78 is 10.7. The SMILES string of the molecule is COC(=O)C1CCCN(C2COc3ccc(C)cc3C2O)C1. The minimum atomic E-state index is -0.583. The Morgan fingerprint density at radius 1 is 1.45 bits per heavy atom. The van der Waals surface area contributed by atoms with Gasteiger partial charge in [-0.2, -0.15) is 0 Å². The lowest BCUT2D eigenvalue weighted by atomic mass is 9.92. The summed E-state index contributed by atoms with van der Waals surface area (Å²) in [6.45, 7) is 3.95. The second kappa shape index (κ2) is 6.26. The van der Waals surface area contributed by atoms with Crippen molar-refractivity contribution in [3.63, 3.8) is 0 Å². The van der Waals surface area contributed by atoms with Crippen LogP contribution < -0.4 is 4.74 Å². The fourth-order valence-corrected chi connectivity index (χ4v) is 3.48. The van der Waals surface area contributed by atoms with E-state index in [4.69, 9.17) is 9.47 Å². The zero-order valence-electron chi connectivity index (χ0n) is 13.1. The molecule has 120 valence electrons. The summed E-state index contributed by atoms with van der Waals surface area (Å²) in [7, 11) is 1.43. The number of ether oxygens (including phenoxy) is 2. The smallest absolute Gasteiger partial charge is 0.309 e. The monoisotopic (exact) mass is 305 g/mol. The van der Waals surface area contributed by atoms with E-state index in [1.54, 1.807) is 0 Å². The van der Waals surface area contributed by atoms with Crippen LogP contribution in [-0.2, 0) is 9.53 Å². The summed E-state index contributed by atoms with van der Waals surface area (Å²) in [6, 6.07) is 5.77. The number of benzene rings is 1. The van der Waals surface area contributed by atoms with Crippen molar-refractivity contribution in [2.75, 3.05) is 26.8 Å². The molecule has 1 N–H and O–H groups in total. The Bertz CT molecular complexity index is 560. The van der Waals surface area contributed by atoms with Crippen LogP contribution in [0.25, 0.3) is 0 Å². The van der Waals surface area contributed by atoms with Gasteiger partial charge in [0, 0.05) is 12.1 Å². The second-order valence-electron chi connectivity index (χ2n) is 6.22. The van der Waals surface area contributed by atoms with Crippen molar-refractivity contribution < 1.29 is 19.4 Å².